The van der Waals surface area contributed by atoms with Gasteiger partial charge in [0.15, 0.2) is 0 Å². The van der Waals surface area contributed by atoms with Crippen molar-refractivity contribution in [2.24, 2.45) is 0 Å². The predicted octanol–water partition coefficient (Wildman–Crippen LogP) is 3.23. The fraction of sp³-hybridized carbons (Fsp3) is 0.571. The summed E-state index contributed by atoms with van der Waals surface area (Å²) in [6.45, 7) is 7.81. The Morgan fingerprint density at radius 1 is 1.35 bits per heavy atom. The molecule has 0 bridgehead atoms. The summed E-state index contributed by atoms with van der Waals surface area (Å²) < 4.78 is 0. The molecular formula is C14H21ClN2. The number of halogens is 1. The highest BCUT2D eigenvalue weighted by atomic mass is 35.5. The zero-order chi connectivity index (χ0) is 12.3. The van der Waals surface area contributed by atoms with Gasteiger partial charge in [0, 0.05) is 23.3 Å². The Labute approximate surface area is 109 Å². The molecule has 1 aliphatic rings. The molecule has 1 N–H and O–H groups in total. The molecular weight excluding hydrogens is 232 g/mol. The fourth-order valence-electron chi connectivity index (χ4n) is 2.49. The van der Waals surface area contributed by atoms with Crippen molar-refractivity contribution in [2.75, 3.05) is 24.5 Å². The van der Waals surface area contributed by atoms with Crippen LogP contribution in [0.4, 0.5) is 5.69 Å². The molecule has 1 saturated heterocycles. The molecule has 1 atom stereocenters. The third kappa shape index (κ3) is 3.14. The van der Waals surface area contributed by atoms with Gasteiger partial charge >= 0.3 is 0 Å². The minimum absolute atomic E-state index is 0.586. The number of nitrogens with one attached hydrogen (secondary N) is 1. The largest absolute Gasteiger partial charge is 0.369 e. The summed E-state index contributed by atoms with van der Waals surface area (Å²) in [5.74, 6) is 0. The minimum atomic E-state index is 0.586. The fourth-order valence-corrected chi connectivity index (χ4v) is 2.71. The van der Waals surface area contributed by atoms with Crippen molar-refractivity contribution in [3.05, 3.63) is 28.8 Å². The summed E-state index contributed by atoms with van der Waals surface area (Å²) in [6, 6.07) is 6.79. The number of anilines is 1. The maximum atomic E-state index is 6.02. The van der Waals surface area contributed by atoms with E-state index in [1.165, 1.54) is 24.1 Å². The van der Waals surface area contributed by atoms with Gasteiger partial charge in [-0.25, -0.2) is 0 Å². The quantitative estimate of drug-likeness (QED) is 0.826. The van der Waals surface area contributed by atoms with Gasteiger partial charge in [-0.1, -0.05) is 11.6 Å². The normalized spacial score (nSPS) is 22.1. The third-order valence-corrected chi connectivity index (χ3v) is 3.73. The first-order chi connectivity index (χ1) is 8.18. The van der Waals surface area contributed by atoms with Gasteiger partial charge in [0.2, 0.25) is 0 Å². The van der Waals surface area contributed by atoms with Crippen molar-refractivity contribution in [1.29, 1.82) is 0 Å². The smallest absolute Gasteiger partial charge is 0.0410 e. The summed E-state index contributed by atoms with van der Waals surface area (Å²) in [4.78, 5) is 2.52. The lowest BCUT2D eigenvalue weighted by molar-refractivity contribution is 0.499. The topological polar surface area (TPSA) is 15.3 Å². The highest BCUT2D eigenvalue weighted by Gasteiger charge is 2.17. The van der Waals surface area contributed by atoms with Crippen LogP contribution < -0.4 is 10.2 Å². The monoisotopic (exact) mass is 252 g/mol. The van der Waals surface area contributed by atoms with Crippen LogP contribution in [0.1, 0.15) is 25.3 Å². The average molecular weight is 253 g/mol. The van der Waals surface area contributed by atoms with Crippen molar-refractivity contribution < 1.29 is 0 Å². The summed E-state index contributed by atoms with van der Waals surface area (Å²) in [7, 11) is 0. The average Bonchev–Trinajstić information content (AvgIpc) is 2.26. The Hall–Kier alpha value is -0.730. The van der Waals surface area contributed by atoms with E-state index in [4.69, 9.17) is 11.6 Å². The van der Waals surface area contributed by atoms with Crippen LogP contribution in [0.25, 0.3) is 0 Å². The van der Waals surface area contributed by atoms with Gasteiger partial charge in [-0.3, -0.25) is 0 Å². The molecule has 0 amide bonds. The van der Waals surface area contributed by atoms with Crippen LogP contribution >= 0.6 is 11.6 Å². The van der Waals surface area contributed by atoms with Gasteiger partial charge in [-0.2, -0.15) is 0 Å². The molecule has 1 fully saturated rings. The standard InChI is InChI=1S/C14H21ClN2/c1-11-10-13(15)4-5-14(11)17-9-3-7-16-8-6-12(17)2/h4-5,10,12,16H,3,6-9H2,1-2H3. The Bertz CT molecular complexity index is 378. The Balaban J connectivity index is 2.22. The van der Waals surface area contributed by atoms with E-state index in [1.54, 1.807) is 0 Å². The van der Waals surface area contributed by atoms with Gasteiger partial charge < -0.3 is 10.2 Å². The summed E-state index contributed by atoms with van der Waals surface area (Å²) in [6.07, 6.45) is 2.40. The lowest BCUT2D eigenvalue weighted by Gasteiger charge is -2.34. The van der Waals surface area contributed by atoms with E-state index < -0.39 is 0 Å². The Morgan fingerprint density at radius 3 is 2.94 bits per heavy atom. The van der Waals surface area contributed by atoms with E-state index in [2.05, 4.69) is 36.2 Å². The zero-order valence-corrected chi connectivity index (χ0v) is 11.4. The van der Waals surface area contributed by atoms with Gasteiger partial charge in [0.1, 0.15) is 0 Å². The highest BCUT2D eigenvalue weighted by molar-refractivity contribution is 6.30. The molecule has 0 aliphatic carbocycles. The molecule has 94 valence electrons. The van der Waals surface area contributed by atoms with Crippen LogP contribution in [0.5, 0.6) is 0 Å². The summed E-state index contributed by atoms with van der Waals surface area (Å²) >= 11 is 6.02. The number of aryl methyl sites for hydroxylation is 1. The lowest BCUT2D eigenvalue weighted by Crippen LogP contribution is -2.40. The molecule has 1 aromatic rings. The molecule has 0 spiro atoms. The predicted molar refractivity (Wildman–Crippen MR) is 75.1 cm³/mol. The first kappa shape index (κ1) is 12.7. The third-order valence-electron chi connectivity index (χ3n) is 3.49. The number of rotatable bonds is 1. The van der Waals surface area contributed by atoms with Crippen LogP contribution in [0.3, 0.4) is 0 Å². The molecule has 1 aromatic carbocycles. The summed E-state index contributed by atoms with van der Waals surface area (Å²) in [5.41, 5.74) is 2.61. The molecule has 3 heteroatoms. The maximum Gasteiger partial charge on any atom is 0.0410 e. The highest BCUT2D eigenvalue weighted by Crippen LogP contribution is 2.26. The molecule has 0 saturated carbocycles. The van der Waals surface area contributed by atoms with Gasteiger partial charge in [0.25, 0.3) is 0 Å². The van der Waals surface area contributed by atoms with Crippen molar-refractivity contribution >= 4 is 17.3 Å². The maximum absolute atomic E-state index is 6.02. The Morgan fingerprint density at radius 2 is 2.18 bits per heavy atom. The Kier molecular flexibility index (Phi) is 4.30. The second-order valence-electron chi connectivity index (χ2n) is 4.87. The molecule has 1 heterocycles. The number of benzene rings is 1. The van der Waals surface area contributed by atoms with Crippen LogP contribution in [0, 0.1) is 6.92 Å². The van der Waals surface area contributed by atoms with E-state index in [0.29, 0.717) is 6.04 Å². The first-order valence-electron chi connectivity index (χ1n) is 6.42. The van der Waals surface area contributed by atoms with Crippen LogP contribution in [-0.4, -0.2) is 25.7 Å². The van der Waals surface area contributed by atoms with Crippen molar-refractivity contribution in [3.63, 3.8) is 0 Å². The molecule has 2 nitrogen and oxygen atoms in total. The van der Waals surface area contributed by atoms with Crippen molar-refractivity contribution in [1.82, 2.24) is 5.32 Å². The van der Waals surface area contributed by atoms with E-state index in [1.807, 2.05) is 6.07 Å². The van der Waals surface area contributed by atoms with Gasteiger partial charge in [0.05, 0.1) is 0 Å². The zero-order valence-electron chi connectivity index (χ0n) is 10.7. The summed E-state index contributed by atoms with van der Waals surface area (Å²) in [5, 5.41) is 4.29. The molecule has 17 heavy (non-hydrogen) atoms. The lowest BCUT2D eigenvalue weighted by atomic mass is 10.1. The number of nitrogens with zero attached hydrogens (tertiary/aromatic N) is 1. The molecule has 0 radical (unpaired) electrons. The second kappa shape index (κ2) is 5.74. The van der Waals surface area contributed by atoms with Gasteiger partial charge in [-0.05, 0) is 63.5 Å². The molecule has 0 aromatic heterocycles. The SMILES string of the molecule is Cc1cc(Cl)ccc1N1CCCNCCC1C. The molecule has 1 aliphatic heterocycles. The van der Waals surface area contributed by atoms with Gasteiger partial charge in [-0.15, -0.1) is 0 Å². The number of hydrogen-bond acceptors (Lipinski definition) is 2. The van der Waals surface area contributed by atoms with Crippen molar-refractivity contribution in [2.45, 2.75) is 32.7 Å². The van der Waals surface area contributed by atoms with E-state index in [9.17, 15) is 0 Å². The van der Waals surface area contributed by atoms with E-state index in [0.717, 1.165) is 24.7 Å². The first-order valence-corrected chi connectivity index (χ1v) is 6.80. The van der Waals surface area contributed by atoms with Crippen molar-refractivity contribution in [3.8, 4) is 0 Å². The molecule has 2 rings (SSSR count). The van der Waals surface area contributed by atoms with Crippen LogP contribution in [-0.2, 0) is 0 Å². The van der Waals surface area contributed by atoms with E-state index in [-0.39, 0.29) is 0 Å². The second-order valence-corrected chi connectivity index (χ2v) is 5.30. The van der Waals surface area contributed by atoms with Crippen LogP contribution in [0.2, 0.25) is 5.02 Å². The number of hydrogen-bond donors (Lipinski definition) is 1. The van der Waals surface area contributed by atoms with E-state index >= 15 is 0 Å². The molecule has 1 unspecified atom stereocenters. The van der Waals surface area contributed by atoms with Crippen LogP contribution in [0.15, 0.2) is 18.2 Å². The minimum Gasteiger partial charge on any atom is -0.369 e.